The molecule has 6 rings (SSSR count). The standard InChI is InChI=1S/C27H24N4O2/c1-2-23(25(32)31-15-18-6-3-4-7-19(18)16-31)29-21-10-9-17-13-27(14-20(17)12-21)22-8-5-11-28-24(22)30-26(27)33/h3-12H,2,13-16H2,1H3,(H,28,30,33)/b29-23+. The minimum atomic E-state index is -0.598. The summed E-state index contributed by atoms with van der Waals surface area (Å²) >= 11 is 0. The molecule has 0 radical (unpaired) electrons. The second-order valence-electron chi connectivity index (χ2n) is 9.08. The van der Waals surface area contributed by atoms with Crippen LogP contribution in [-0.2, 0) is 40.9 Å². The summed E-state index contributed by atoms with van der Waals surface area (Å²) in [6.07, 6.45) is 3.54. The van der Waals surface area contributed by atoms with Gasteiger partial charge in [-0.1, -0.05) is 43.3 Å². The second kappa shape index (κ2) is 7.37. The van der Waals surface area contributed by atoms with E-state index in [1.165, 1.54) is 11.1 Å². The molecule has 6 nitrogen and oxygen atoms in total. The summed E-state index contributed by atoms with van der Waals surface area (Å²) in [7, 11) is 0. The number of rotatable bonds is 3. The first-order valence-electron chi connectivity index (χ1n) is 11.4. The van der Waals surface area contributed by atoms with Crippen LogP contribution in [0.1, 0.15) is 41.2 Å². The Kier molecular flexibility index (Phi) is 4.43. The van der Waals surface area contributed by atoms with E-state index in [9.17, 15) is 9.59 Å². The normalized spacial score (nSPS) is 20.6. The van der Waals surface area contributed by atoms with Gasteiger partial charge in [0.15, 0.2) is 0 Å². The molecule has 0 fully saturated rings. The summed E-state index contributed by atoms with van der Waals surface area (Å²) in [4.78, 5) is 37.1. The van der Waals surface area contributed by atoms with Gasteiger partial charge in [0.05, 0.1) is 11.1 Å². The third kappa shape index (κ3) is 3.09. The van der Waals surface area contributed by atoms with E-state index in [0.717, 1.165) is 22.4 Å². The first-order valence-corrected chi connectivity index (χ1v) is 11.4. The minimum Gasteiger partial charge on any atom is -0.329 e. The smallest absolute Gasteiger partial charge is 0.268 e. The van der Waals surface area contributed by atoms with Gasteiger partial charge >= 0.3 is 0 Å². The van der Waals surface area contributed by atoms with Gasteiger partial charge in [0, 0.05) is 24.8 Å². The second-order valence-corrected chi connectivity index (χ2v) is 9.08. The van der Waals surface area contributed by atoms with Crippen molar-refractivity contribution < 1.29 is 9.59 Å². The molecule has 2 aliphatic heterocycles. The zero-order chi connectivity index (χ0) is 22.6. The van der Waals surface area contributed by atoms with Crippen LogP contribution < -0.4 is 5.32 Å². The largest absolute Gasteiger partial charge is 0.329 e. The Labute approximate surface area is 192 Å². The van der Waals surface area contributed by atoms with Crippen molar-refractivity contribution in [2.24, 2.45) is 4.99 Å². The van der Waals surface area contributed by atoms with Crippen LogP contribution in [0, 0.1) is 0 Å². The van der Waals surface area contributed by atoms with Crippen LogP contribution in [0.3, 0.4) is 0 Å². The Balaban J connectivity index is 1.27. The molecule has 0 bridgehead atoms. The van der Waals surface area contributed by atoms with E-state index in [-0.39, 0.29) is 11.8 Å². The Morgan fingerprint density at radius 1 is 1.03 bits per heavy atom. The van der Waals surface area contributed by atoms with Crippen LogP contribution in [0.4, 0.5) is 11.5 Å². The zero-order valence-electron chi connectivity index (χ0n) is 18.5. The predicted molar refractivity (Wildman–Crippen MR) is 126 cm³/mol. The molecule has 1 unspecified atom stereocenters. The van der Waals surface area contributed by atoms with Crippen molar-refractivity contribution in [1.29, 1.82) is 0 Å². The summed E-state index contributed by atoms with van der Waals surface area (Å²) in [6.45, 7) is 3.22. The van der Waals surface area contributed by atoms with Crippen LogP contribution in [0.5, 0.6) is 0 Å². The summed E-state index contributed by atoms with van der Waals surface area (Å²) in [6, 6.07) is 18.1. The van der Waals surface area contributed by atoms with E-state index >= 15 is 0 Å². The van der Waals surface area contributed by atoms with Crippen LogP contribution >= 0.6 is 0 Å². The number of aromatic nitrogens is 1. The number of nitrogens with one attached hydrogen (secondary N) is 1. The van der Waals surface area contributed by atoms with Gasteiger partial charge in [-0.05, 0) is 59.7 Å². The molecule has 1 aromatic heterocycles. The lowest BCUT2D eigenvalue weighted by atomic mass is 9.79. The molecule has 1 atom stereocenters. The van der Waals surface area contributed by atoms with Gasteiger partial charge in [0.1, 0.15) is 11.5 Å². The van der Waals surface area contributed by atoms with Crippen molar-refractivity contribution in [3.8, 4) is 0 Å². The molecule has 0 saturated heterocycles. The number of nitrogens with zero attached hydrogens (tertiary/aromatic N) is 3. The summed E-state index contributed by atoms with van der Waals surface area (Å²) in [5.41, 5.74) is 6.36. The third-order valence-electron chi connectivity index (χ3n) is 7.14. The van der Waals surface area contributed by atoms with E-state index in [1.54, 1.807) is 6.20 Å². The number of aliphatic imine (C=N–C) groups is 1. The van der Waals surface area contributed by atoms with E-state index in [0.29, 0.717) is 43.9 Å². The molecule has 164 valence electrons. The molecule has 3 aromatic rings. The van der Waals surface area contributed by atoms with Gasteiger partial charge in [-0.15, -0.1) is 0 Å². The van der Waals surface area contributed by atoms with E-state index < -0.39 is 5.41 Å². The number of amides is 2. The first-order chi connectivity index (χ1) is 16.1. The molecule has 33 heavy (non-hydrogen) atoms. The van der Waals surface area contributed by atoms with Crippen molar-refractivity contribution in [1.82, 2.24) is 9.88 Å². The zero-order valence-corrected chi connectivity index (χ0v) is 18.5. The molecule has 1 N–H and O–H groups in total. The van der Waals surface area contributed by atoms with Gasteiger partial charge in [-0.3, -0.25) is 9.59 Å². The summed E-state index contributed by atoms with van der Waals surface area (Å²) in [5.74, 6) is 0.662. The average Bonchev–Trinajstić information content (AvgIpc) is 3.51. The van der Waals surface area contributed by atoms with Crippen molar-refractivity contribution in [2.75, 3.05) is 5.32 Å². The molecular weight excluding hydrogens is 412 g/mol. The predicted octanol–water partition coefficient (Wildman–Crippen LogP) is 4.10. The Morgan fingerprint density at radius 2 is 1.79 bits per heavy atom. The van der Waals surface area contributed by atoms with Crippen LogP contribution in [-0.4, -0.2) is 27.4 Å². The molecule has 3 aliphatic rings. The van der Waals surface area contributed by atoms with Crippen molar-refractivity contribution in [3.05, 3.63) is 88.6 Å². The van der Waals surface area contributed by atoms with Crippen molar-refractivity contribution >= 4 is 29.0 Å². The highest BCUT2D eigenvalue weighted by Crippen LogP contribution is 2.47. The van der Waals surface area contributed by atoms with Crippen molar-refractivity contribution in [3.63, 3.8) is 0 Å². The number of benzene rings is 2. The highest BCUT2D eigenvalue weighted by molar-refractivity contribution is 6.39. The molecular formula is C27H24N4O2. The lowest BCUT2D eigenvalue weighted by Gasteiger charge is -2.20. The maximum absolute atomic E-state index is 13.2. The summed E-state index contributed by atoms with van der Waals surface area (Å²) < 4.78 is 0. The number of hydrogen-bond donors (Lipinski definition) is 1. The maximum Gasteiger partial charge on any atom is 0.268 e. The quantitative estimate of drug-likeness (QED) is 0.629. The number of pyridine rings is 1. The fourth-order valence-electron chi connectivity index (χ4n) is 5.42. The van der Waals surface area contributed by atoms with Gasteiger partial charge in [0.25, 0.3) is 5.91 Å². The van der Waals surface area contributed by atoms with Crippen molar-refractivity contribution in [2.45, 2.75) is 44.7 Å². The number of anilines is 1. The monoisotopic (exact) mass is 436 g/mol. The molecule has 2 aromatic carbocycles. The molecule has 0 saturated carbocycles. The third-order valence-corrected chi connectivity index (χ3v) is 7.14. The minimum absolute atomic E-state index is 0.00970. The van der Waals surface area contributed by atoms with Gasteiger partial charge in [-0.25, -0.2) is 9.98 Å². The first kappa shape index (κ1) is 19.9. The highest BCUT2D eigenvalue weighted by Gasteiger charge is 2.51. The topological polar surface area (TPSA) is 74.7 Å². The van der Waals surface area contributed by atoms with Crippen LogP contribution in [0.15, 0.2) is 65.8 Å². The van der Waals surface area contributed by atoms with Gasteiger partial charge in [-0.2, -0.15) is 0 Å². The maximum atomic E-state index is 13.2. The number of hydrogen-bond acceptors (Lipinski definition) is 4. The molecule has 2 amide bonds. The molecule has 1 spiro atoms. The number of carbonyl (C=O) groups is 2. The molecule has 3 heterocycles. The highest BCUT2D eigenvalue weighted by atomic mass is 16.2. The van der Waals surface area contributed by atoms with Crippen LogP contribution in [0.2, 0.25) is 0 Å². The lowest BCUT2D eigenvalue weighted by Crippen LogP contribution is -2.35. The fraction of sp³-hybridized carbons (Fsp3) is 0.259. The van der Waals surface area contributed by atoms with Gasteiger partial charge < -0.3 is 10.2 Å². The average molecular weight is 437 g/mol. The van der Waals surface area contributed by atoms with E-state index in [2.05, 4.69) is 22.4 Å². The SMILES string of the molecule is CC/C(=N\c1ccc2c(c1)CC1(C2)C(=O)Nc2ncccc21)C(=O)N1Cc2ccccc2C1. The van der Waals surface area contributed by atoms with E-state index in [1.807, 2.05) is 54.3 Å². The Morgan fingerprint density at radius 3 is 2.55 bits per heavy atom. The number of fused-ring (bicyclic) bond motifs is 4. The Hall–Kier alpha value is -3.80. The Bertz CT molecular complexity index is 1320. The fourth-order valence-corrected chi connectivity index (χ4v) is 5.42. The van der Waals surface area contributed by atoms with Crippen LogP contribution in [0.25, 0.3) is 0 Å². The molecule has 1 aliphatic carbocycles. The van der Waals surface area contributed by atoms with E-state index in [4.69, 9.17) is 4.99 Å². The number of carbonyl (C=O) groups excluding carboxylic acids is 2. The summed E-state index contributed by atoms with van der Waals surface area (Å²) in [5, 5.41) is 2.95. The van der Waals surface area contributed by atoms with Gasteiger partial charge in [0.2, 0.25) is 5.91 Å². The molecule has 6 heteroatoms. The lowest BCUT2D eigenvalue weighted by molar-refractivity contribution is -0.124.